The summed E-state index contributed by atoms with van der Waals surface area (Å²) in [5.41, 5.74) is 18.7. The predicted molar refractivity (Wildman–Crippen MR) is 229 cm³/mol. The van der Waals surface area contributed by atoms with Gasteiger partial charge in [0.2, 0.25) is 0 Å². The third-order valence-electron chi connectivity index (χ3n) is 12.5. The Kier molecular flexibility index (Phi) is 6.76. The molecule has 8 aromatic carbocycles. The largest absolute Gasteiger partial charge is 0.456 e. The summed E-state index contributed by atoms with van der Waals surface area (Å²) in [6.45, 7) is 7.09. The van der Waals surface area contributed by atoms with Crippen LogP contribution in [0.1, 0.15) is 48.6 Å². The molecule has 55 heavy (non-hydrogen) atoms. The minimum absolute atomic E-state index is 0.0503. The number of fused-ring (bicyclic) bond motifs is 9. The first-order chi connectivity index (χ1) is 26.9. The van der Waals surface area contributed by atoms with Crippen molar-refractivity contribution in [2.24, 2.45) is 0 Å². The first-order valence-electron chi connectivity index (χ1n) is 19.3. The lowest BCUT2D eigenvalue weighted by atomic mass is 9.72. The van der Waals surface area contributed by atoms with Gasteiger partial charge in [-0.15, -0.1) is 0 Å². The minimum Gasteiger partial charge on any atom is -0.456 e. The lowest BCUT2D eigenvalue weighted by molar-refractivity contribution is 0.638. The molecule has 0 unspecified atom stereocenters. The summed E-state index contributed by atoms with van der Waals surface area (Å²) < 4.78 is 6.98. The average molecular weight is 706 g/mol. The van der Waals surface area contributed by atoms with Gasteiger partial charge in [0.25, 0.3) is 0 Å². The van der Waals surface area contributed by atoms with Crippen LogP contribution in [0.4, 0.5) is 17.1 Å². The maximum absolute atomic E-state index is 6.98. The SMILES string of the molecule is CC1(C)c2ccccc2-c2ccc(-c3ccc(N(c4ccccc4)c4ccc5c(oc6ccccc65)c4C4(C)c5ccccc5-c5ccccc54)cc3)cc21. The minimum atomic E-state index is -0.502. The molecule has 0 spiro atoms. The van der Waals surface area contributed by atoms with Crippen molar-refractivity contribution in [3.05, 3.63) is 210 Å². The van der Waals surface area contributed by atoms with E-state index in [1.165, 1.54) is 55.6 Å². The van der Waals surface area contributed by atoms with E-state index in [4.69, 9.17) is 4.42 Å². The molecule has 2 nitrogen and oxygen atoms in total. The highest BCUT2D eigenvalue weighted by Crippen LogP contribution is 2.58. The monoisotopic (exact) mass is 705 g/mol. The zero-order chi connectivity index (χ0) is 36.9. The topological polar surface area (TPSA) is 16.4 Å². The van der Waals surface area contributed by atoms with Gasteiger partial charge in [0.1, 0.15) is 11.2 Å². The van der Waals surface area contributed by atoms with Crippen LogP contribution in [0, 0.1) is 0 Å². The van der Waals surface area contributed by atoms with Gasteiger partial charge < -0.3 is 9.32 Å². The summed E-state index contributed by atoms with van der Waals surface area (Å²) in [6.07, 6.45) is 0. The Morgan fingerprint density at radius 2 is 0.964 bits per heavy atom. The number of anilines is 3. The van der Waals surface area contributed by atoms with Gasteiger partial charge in [-0.3, -0.25) is 0 Å². The number of hydrogen-bond acceptors (Lipinski definition) is 2. The normalized spacial score (nSPS) is 14.4. The molecule has 0 saturated carbocycles. The molecule has 2 aliphatic carbocycles. The summed E-state index contributed by atoms with van der Waals surface area (Å²) in [5.74, 6) is 0. The summed E-state index contributed by atoms with van der Waals surface area (Å²) in [4.78, 5) is 2.42. The molecule has 2 heteroatoms. The molecule has 0 fully saturated rings. The van der Waals surface area contributed by atoms with Gasteiger partial charge in [-0.05, 0) is 111 Å². The van der Waals surface area contributed by atoms with Crippen LogP contribution in [0.2, 0.25) is 0 Å². The molecule has 0 N–H and O–H groups in total. The zero-order valence-electron chi connectivity index (χ0n) is 31.2. The second-order valence-electron chi connectivity index (χ2n) is 15.8. The zero-order valence-corrected chi connectivity index (χ0v) is 31.2. The van der Waals surface area contributed by atoms with Crippen molar-refractivity contribution < 1.29 is 4.42 Å². The third kappa shape index (κ3) is 4.49. The fourth-order valence-electron chi connectivity index (χ4n) is 9.86. The molecule has 0 atom stereocenters. The Morgan fingerprint density at radius 3 is 1.67 bits per heavy atom. The van der Waals surface area contributed by atoms with Crippen molar-refractivity contribution in [2.45, 2.75) is 31.6 Å². The highest BCUT2D eigenvalue weighted by Gasteiger charge is 2.45. The van der Waals surface area contributed by atoms with Gasteiger partial charge in [-0.2, -0.15) is 0 Å². The Labute approximate surface area is 322 Å². The first kappa shape index (κ1) is 31.8. The lowest BCUT2D eigenvalue weighted by Gasteiger charge is -2.35. The molecule has 0 saturated heterocycles. The summed E-state index contributed by atoms with van der Waals surface area (Å²) in [6, 6.07) is 66.5. The second-order valence-corrected chi connectivity index (χ2v) is 15.8. The van der Waals surface area contributed by atoms with Crippen LogP contribution in [0.15, 0.2) is 186 Å². The van der Waals surface area contributed by atoms with Crippen LogP contribution >= 0.6 is 0 Å². The summed E-state index contributed by atoms with van der Waals surface area (Å²) in [5, 5.41) is 2.26. The highest BCUT2D eigenvalue weighted by atomic mass is 16.3. The van der Waals surface area contributed by atoms with Crippen molar-refractivity contribution in [3.8, 4) is 33.4 Å². The van der Waals surface area contributed by atoms with Crippen molar-refractivity contribution >= 4 is 39.0 Å². The summed E-state index contributed by atoms with van der Waals surface area (Å²) in [7, 11) is 0. The highest BCUT2D eigenvalue weighted by molar-refractivity contribution is 6.09. The molecule has 1 aromatic heterocycles. The molecule has 0 radical (unpaired) electrons. The fourth-order valence-corrected chi connectivity index (χ4v) is 9.86. The molecule has 1 heterocycles. The number of rotatable bonds is 5. The molecular weight excluding hydrogens is 667 g/mol. The molecule has 0 aliphatic heterocycles. The van der Waals surface area contributed by atoms with Gasteiger partial charge in [-0.25, -0.2) is 0 Å². The Hall–Kier alpha value is -6.64. The van der Waals surface area contributed by atoms with Crippen molar-refractivity contribution in [3.63, 3.8) is 0 Å². The molecule has 0 amide bonds. The fraction of sp³-hybridized carbons (Fsp3) is 0.0943. The third-order valence-corrected chi connectivity index (χ3v) is 12.5. The van der Waals surface area contributed by atoms with E-state index in [9.17, 15) is 0 Å². The average Bonchev–Trinajstić information content (AvgIpc) is 3.82. The van der Waals surface area contributed by atoms with Crippen LogP contribution in [0.25, 0.3) is 55.3 Å². The number of hydrogen-bond donors (Lipinski definition) is 0. The number of para-hydroxylation sites is 2. The quantitative estimate of drug-likeness (QED) is 0.177. The molecule has 11 rings (SSSR count). The first-order valence-corrected chi connectivity index (χ1v) is 19.3. The molecule has 2 aliphatic rings. The van der Waals surface area contributed by atoms with E-state index < -0.39 is 5.41 Å². The van der Waals surface area contributed by atoms with E-state index in [-0.39, 0.29) is 5.41 Å². The molecule has 9 aromatic rings. The van der Waals surface area contributed by atoms with Gasteiger partial charge in [-0.1, -0.05) is 147 Å². The van der Waals surface area contributed by atoms with Crippen molar-refractivity contribution in [1.29, 1.82) is 0 Å². The van der Waals surface area contributed by atoms with Crippen molar-refractivity contribution in [2.75, 3.05) is 4.90 Å². The Bertz CT molecular complexity index is 2920. The van der Waals surface area contributed by atoms with E-state index in [1.54, 1.807) is 0 Å². The standard InChI is InChI=1S/C53H39NO/c1-52(2)44-21-11-7-17-38(44)41-30-27-35(33-47(41)52)34-25-28-37(29-26-34)54(36-15-5-4-6-16-36)48-32-31-43-42-20-10-14-24-49(42)55-51(43)50(48)53(3)45-22-12-8-18-39(45)40-19-9-13-23-46(40)53/h4-33H,1-3H3. The van der Waals surface area contributed by atoms with E-state index in [0.717, 1.165) is 44.6 Å². The van der Waals surface area contributed by atoms with Crippen molar-refractivity contribution in [1.82, 2.24) is 0 Å². The molecular formula is C53H39NO. The van der Waals surface area contributed by atoms with Gasteiger partial charge in [0.05, 0.1) is 5.69 Å². The van der Waals surface area contributed by atoms with Crippen LogP contribution in [-0.2, 0) is 10.8 Å². The van der Waals surface area contributed by atoms with Gasteiger partial charge >= 0.3 is 0 Å². The van der Waals surface area contributed by atoms with Crippen LogP contribution in [-0.4, -0.2) is 0 Å². The van der Waals surface area contributed by atoms with Gasteiger partial charge in [0, 0.05) is 38.5 Å². The number of benzene rings is 8. The van der Waals surface area contributed by atoms with Crippen LogP contribution < -0.4 is 4.90 Å². The van der Waals surface area contributed by atoms with Crippen LogP contribution in [0.3, 0.4) is 0 Å². The number of furan rings is 1. The van der Waals surface area contributed by atoms with Crippen LogP contribution in [0.5, 0.6) is 0 Å². The molecule has 0 bridgehead atoms. The van der Waals surface area contributed by atoms with E-state index in [0.29, 0.717) is 0 Å². The summed E-state index contributed by atoms with van der Waals surface area (Å²) >= 11 is 0. The number of nitrogens with zero attached hydrogens (tertiary/aromatic N) is 1. The Morgan fingerprint density at radius 1 is 0.418 bits per heavy atom. The van der Waals surface area contributed by atoms with E-state index >= 15 is 0 Å². The second kappa shape index (κ2) is 11.7. The maximum atomic E-state index is 6.98. The predicted octanol–water partition coefficient (Wildman–Crippen LogP) is 14.4. The maximum Gasteiger partial charge on any atom is 0.141 e. The van der Waals surface area contributed by atoms with E-state index in [2.05, 4.69) is 208 Å². The smallest absolute Gasteiger partial charge is 0.141 e. The Balaban J connectivity index is 1.13. The molecule has 262 valence electrons. The lowest BCUT2D eigenvalue weighted by Crippen LogP contribution is -2.26. The van der Waals surface area contributed by atoms with Gasteiger partial charge in [0.15, 0.2) is 0 Å². The van der Waals surface area contributed by atoms with E-state index in [1.807, 2.05) is 0 Å².